The van der Waals surface area contributed by atoms with E-state index in [9.17, 15) is 14.7 Å². The summed E-state index contributed by atoms with van der Waals surface area (Å²) in [4.78, 5) is 26.1. The van der Waals surface area contributed by atoms with Crippen LogP contribution in [0.5, 0.6) is 5.75 Å². The average Bonchev–Trinajstić information content (AvgIpc) is 2.59. The number of nitrogens with one attached hydrogen (secondary N) is 1. The predicted molar refractivity (Wildman–Crippen MR) is 108 cm³/mol. The number of hydrogen-bond acceptors (Lipinski definition) is 5. The van der Waals surface area contributed by atoms with E-state index in [0.717, 1.165) is 30.5 Å². The van der Waals surface area contributed by atoms with E-state index in [2.05, 4.69) is 19.2 Å². The molecule has 2 aliphatic rings. The molecule has 0 amide bonds. The van der Waals surface area contributed by atoms with Gasteiger partial charge in [0.25, 0.3) is 0 Å². The molecule has 1 atom stereocenters. The van der Waals surface area contributed by atoms with Crippen molar-refractivity contribution in [1.29, 1.82) is 0 Å². The normalized spacial score (nSPS) is 21.3. The predicted octanol–water partition coefficient (Wildman–Crippen LogP) is 4.34. The highest BCUT2D eigenvalue weighted by Crippen LogP contribution is 2.47. The van der Waals surface area contributed by atoms with Crippen LogP contribution in [0.4, 0.5) is 0 Å². The van der Waals surface area contributed by atoms with Gasteiger partial charge in [-0.1, -0.05) is 39.3 Å². The van der Waals surface area contributed by atoms with Gasteiger partial charge in [-0.2, -0.15) is 0 Å². The zero-order valence-corrected chi connectivity index (χ0v) is 17.1. The number of unbranched alkanes of at least 4 members (excludes halogenated alkanes) is 1. The van der Waals surface area contributed by atoms with Crippen molar-refractivity contribution >= 4 is 11.8 Å². The number of benzene rings is 1. The molecule has 0 fully saturated rings. The van der Waals surface area contributed by atoms with Crippen LogP contribution in [-0.4, -0.2) is 23.5 Å². The van der Waals surface area contributed by atoms with E-state index in [1.165, 1.54) is 0 Å². The largest absolute Gasteiger partial charge is 0.508 e. The van der Waals surface area contributed by atoms with Crippen LogP contribution in [0.25, 0.3) is 0 Å². The number of esters is 1. The number of rotatable bonds is 5. The first-order valence-electron chi connectivity index (χ1n) is 9.93. The van der Waals surface area contributed by atoms with Crippen molar-refractivity contribution in [3.63, 3.8) is 0 Å². The van der Waals surface area contributed by atoms with Gasteiger partial charge in [-0.15, -0.1) is 0 Å². The van der Waals surface area contributed by atoms with Crippen molar-refractivity contribution < 1.29 is 19.4 Å². The fourth-order valence-electron chi connectivity index (χ4n) is 4.13. The Morgan fingerprint density at radius 3 is 2.75 bits per heavy atom. The van der Waals surface area contributed by atoms with Crippen LogP contribution < -0.4 is 5.32 Å². The molecule has 5 nitrogen and oxygen atoms in total. The topological polar surface area (TPSA) is 75.6 Å². The van der Waals surface area contributed by atoms with E-state index >= 15 is 0 Å². The summed E-state index contributed by atoms with van der Waals surface area (Å²) >= 11 is 0. The summed E-state index contributed by atoms with van der Waals surface area (Å²) < 4.78 is 5.50. The number of Topliss-reactive ketones (excluding diaryl/α,β-unsaturated/α-hetero) is 1. The third-order valence-corrected chi connectivity index (χ3v) is 5.39. The standard InChI is InChI=1S/C23H29NO4/c1-5-6-10-28-22(27)19-14(2)24-17-12-23(3,4)13-18(26)21(17)20(19)15-8-7-9-16(25)11-15/h7-9,11,20,24-25H,5-6,10,12-13H2,1-4H3. The van der Waals surface area contributed by atoms with Crippen LogP contribution >= 0.6 is 0 Å². The van der Waals surface area contributed by atoms with Crippen molar-refractivity contribution in [2.24, 2.45) is 5.41 Å². The third-order valence-electron chi connectivity index (χ3n) is 5.39. The zero-order valence-electron chi connectivity index (χ0n) is 17.1. The van der Waals surface area contributed by atoms with Crippen LogP contribution in [0.2, 0.25) is 0 Å². The Balaban J connectivity index is 2.09. The number of allylic oxidation sites excluding steroid dienone is 3. The molecule has 1 aromatic rings. The summed E-state index contributed by atoms with van der Waals surface area (Å²) in [5.74, 6) is -0.784. The number of carbonyl (C=O) groups excluding carboxylic acids is 2. The van der Waals surface area contributed by atoms with Gasteiger partial charge in [0.15, 0.2) is 5.78 Å². The van der Waals surface area contributed by atoms with Gasteiger partial charge in [-0.3, -0.25) is 4.79 Å². The quantitative estimate of drug-likeness (QED) is 0.584. The molecular weight excluding hydrogens is 354 g/mol. The summed E-state index contributed by atoms with van der Waals surface area (Å²) in [5, 5.41) is 13.3. The molecule has 5 heteroatoms. The molecule has 0 spiro atoms. The van der Waals surface area contributed by atoms with Gasteiger partial charge in [0.1, 0.15) is 5.75 Å². The molecule has 1 heterocycles. The molecule has 1 aliphatic heterocycles. The Kier molecular flexibility index (Phi) is 5.64. The molecular formula is C23H29NO4. The number of ketones is 1. The van der Waals surface area contributed by atoms with Gasteiger partial charge in [-0.25, -0.2) is 4.79 Å². The van der Waals surface area contributed by atoms with Crippen molar-refractivity contribution in [2.75, 3.05) is 6.61 Å². The Morgan fingerprint density at radius 1 is 1.32 bits per heavy atom. The minimum absolute atomic E-state index is 0.0402. The first kappa shape index (κ1) is 20.2. The first-order valence-corrected chi connectivity index (χ1v) is 9.93. The van der Waals surface area contributed by atoms with Gasteiger partial charge >= 0.3 is 5.97 Å². The van der Waals surface area contributed by atoms with E-state index in [0.29, 0.717) is 29.9 Å². The second-order valence-corrected chi connectivity index (χ2v) is 8.51. The smallest absolute Gasteiger partial charge is 0.336 e. The van der Waals surface area contributed by atoms with Crippen molar-refractivity contribution in [1.82, 2.24) is 5.32 Å². The molecule has 28 heavy (non-hydrogen) atoms. The second kappa shape index (κ2) is 7.82. The van der Waals surface area contributed by atoms with Gasteiger partial charge in [0, 0.05) is 29.3 Å². The SMILES string of the molecule is CCCCOC(=O)C1=C(C)NC2=C(C(=O)CC(C)(C)C2)C1c1cccc(O)c1. The molecule has 150 valence electrons. The number of phenolic OH excluding ortho intramolecular Hbond substituents is 1. The summed E-state index contributed by atoms with van der Waals surface area (Å²) in [7, 11) is 0. The maximum atomic E-state index is 13.1. The molecule has 0 saturated carbocycles. The Bertz CT molecular complexity index is 863. The Hall–Kier alpha value is -2.56. The molecule has 3 rings (SSSR count). The molecule has 1 unspecified atom stereocenters. The highest BCUT2D eigenvalue weighted by molar-refractivity contribution is 6.04. The minimum atomic E-state index is -0.527. The highest BCUT2D eigenvalue weighted by atomic mass is 16.5. The number of ether oxygens (including phenoxy) is 1. The highest BCUT2D eigenvalue weighted by Gasteiger charge is 2.43. The first-order chi connectivity index (χ1) is 13.2. The lowest BCUT2D eigenvalue weighted by Crippen LogP contribution is -2.38. The summed E-state index contributed by atoms with van der Waals surface area (Å²) in [5.41, 5.74) is 3.25. The van der Waals surface area contributed by atoms with E-state index in [1.54, 1.807) is 18.2 Å². The lowest BCUT2D eigenvalue weighted by Gasteiger charge is -2.39. The molecule has 0 radical (unpaired) electrons. The summed E-state index contributed by atoms with van der Waals surface area (Å²) in [6, 6.07) is 6.79. The molecule has 0 bridgehead atoms. The summed E-state index contributed by atoms with van der Waals surface area (Å²) in [6.07, 6.45) is 2.89. The Labute approximate surface area is 166 Å². The zero-order chi connectivity index (χ0) is 20.5. The van der Waals surface area contributed by atoms with Gasteiger partial charge in [0.2, 0.25) is 0 Å². The molecule has 0 aromatic heterocycles. The third kappa shape index (κ3) is 3.98. The lowest BCUT2D eigenvalue weighted by molar-refractivity contribution is -0.139. The fourth-order valence-corrected chi connectivity index (χ4v) is 4.13. The van der Waals surface area contributed by atoms with Gasteiger partial charge in [-0.05, 0) is 42.9 Å². The van der Waals surface area contributed by atoms with Crippen LogP contribution in [0.3, 0.4) is 0 Å². The van der Waals surface area contributed by atoms with Crippen LogP contribution in [-0.2, 0) is 14.3 Å². The second-order valence-electron chi connectivity index (χ2n) is 8.51. The number of aromatic hydroxyl groups is 1. The molecule has 0 saturated heterocycles. The van der Waals surface area contributed by atoms with Gasteiger partial charge < -0.3 is 15.2 Å². The average molecular weight is 383 g/mol. The maximum absolute atomic E-state index is 13.1. The van der Waals surface area contributed by atoms with E-state index < -0.39 is 11.9 Å². The Morgan fingerprint density at radius 2 is 2.07 bits per heavy atom. The van der Waals surface area contributed by atoms with E-state index in [4.69, 9.17) is 4.74 Å². The molecule has 2 N–H and O–H groups in total. The van der Waals surface area contributed by atoms with Gasteiger partial charge in [0.05, 0.1) is 12.2 Å². The number of phenols is 1. The van der Waals surface area contributed by atoms with Crippen molar-refractivity contribution in [3.8, 4) is 5.75 Å². The maximum Gasteiger partial charge on any atom is 0.336 e. The van der Waals surface area contributed by atoms with Crippen molar-refractivity contribution in [2.45, 2.75) is 59.3 Å². The van der Waals surface area contributed by atoms with Crippen LogP contribution in [0.15, 0.2) is 46.8 Å². The number of carbonyl (C=O) groups is 2. The fraction of sp³-hybridized carbons (Fsp3) is 0.478. The lowest BCUT2D eigenvalue weighted by atomic mass is 9.68. The monoisotopic (exact) mass is 383 g/mol. The molecule has 1 aliphatic carbocycles. The van der Waals surface area contributed by atoms with Crippen LogP contribution in [0, 0.1) is 5.41 Å². The summed E-state index contributed by atoms with van der Waals surface area (Å²) in [6.45, 7) is 8.39. The van der Waals surface area contributed by atoms with E-state index in [1.807, 2.05) is 19.9 Å². The molecule has 1 aromatic carbocycles. The van der Waals surface area contributed by atoms with E-state index in [-0.39, 0.29) is 16.9 Å². The van der Waals surface area contributed by atoms with Crippen molar-refractivity contribution in [3.05, 3.63) is 52.4 Å². The van der Waals surface area contributed by atoms with Crippen LogP contribution in [0.1, 0.15) is 64.9 Å². The number of dihydropyridines is 1. The minimum Gasteiger partial charge on any atom is -0.508 e. The number of hydrogen-bond donors (Lipinski definition) is 2.